The number of nitro groups is 1. The lowest BCUT2D eigenvalue weighted by Gasteiger charge is -2.47. The average Bonchev–Trinajstić information content (AvgIpc) is 3.02. The van der Waals surface area contributed by atoms with Crippen LogP contribution in [0, 0.1) is 15.9 Å². The molecule has 2 aliphatic heterocycles. The zero-order chi connectivity index (χ0) is 25.0. The molecule has 35 heavy (non-hydrogen) atoms. The van der Waals surface area contributed by atoms with Gasteiger partial charge in [-0.1, -0.05) is 30.3 Å². The molecule has 2 aliphatic rings. The number of ether oxygens (including phenoxy) is 3. The van der Waals surface area contributed by atoms with Crippen molar-refractivity contribution in [3.63, 3.8) is 0 Å². The monoisotopic (exact) mass is 476 g/mol. The van der Waals surface area contributed by atoms with Crippen LogP contribution in [-0.4, -0.2) is 24.9 Å². The fourth-order valence-corrected chi connectivity index (χ4v) is 5.18. The molecule has 0 amide bonds. The topological polar surface area (TPSA) is 74.1 Å². The van der Waals surface area contributed by atoms with Crippen molar-refractivity contribution < 1.29 is 23.5 Å². The maximum absolute atomic E-state index is 13.6. The molecular formula is C27H25FN2O5. The average molecular weight is 477 g/mol. The predicted octanol–water partition coefficient (Wildman–Crippen LogP) is 5.85. The first-order chi connectivity index (χ1) is 16.7. The van der Waals surface area contributed by atoms with Gasteiger partial charge in [0, 0.05) is 12.2 Å². The lowest BCUT2D eigenvalue weighted by molar-refractivity contribution is -0.385. The van der Waals surface area contributed by atoms with Crippen LogP contribution >= 0.6 is 0 Å². The molecule has 1 atom stereocenters. The molecule has 0 aromatic heterocycles. The van der Waals surface area contributed by atoms with Crippen molar-refractivity contribution in [2.24, 2.45) is 0 Å². The molecule has 0 aliphatic carbocycles. The third-order valence-electron chi connectivity index (χ3n) is 6.99. The van der Waals surface area contributed by atoms with Crippen molar-refractivity contribution in [3.8, 4) is 17.2 Å². The molecule has 8 heteroatoms. The molecule has 0 N–H and O–H groups in total. The van der Waals surface area contributed by atoms with Crippen molar-refractivity contribution in [2.75, 3.05) is 19.1 Å². The highest BCUT2D eigenvalue weighted by molar-refractivity contribution is 5.79. The van der Waals surface area contributed by atoms with E-state index >= 15 is 0 Å². The summed E-state index contributed by atoms with van der Waals surface area (Å²) in [6, 6.07) is 15.8. The van der Waals surface area contributed by atoms with Gasteiger partial charge in [0.2, 0.25) is 11.5 Å². The minimum atomic E-state index is -0.994. The molecule has 0 saturated heterocycles. The van der Waals surface area contributed by atoms with Gasteiger partial charge in [0.1, 0.15) is 5.82 Å². The Bertz CT molecular complexity index is 1350. The van der Waals surface area contributed by atoms with Crippen LogP contribution < -0.4 is 19.1 Å². The highest BCUT2D eigenvalue weighted by Crippen LogP contribution is 2.58. The summed E-state index contributed by atoms with van der Waals surface area (Å²) in [5.74, 6) is 0.411. The molecule has 0 radical (unpaired) electrons. The normalized spacial score (nSPS) is 19.2. The third kappa shape index (κ3) is 3.24. The first-order valence-electron chi connectivity index (χ1n) is 11.2. The molecule has 1 unspecified atom stereocenters. The molecule has 3 aromatic rings. The number of hydrogen-bond acceptors (Lipinski definition) is 6. The number of nitrogens with zero attached hydrogens (tertiary/aromatic N) is 2. The maximum atomic E-state index is 13.6. The number of benzene rings is 3. The largest absolute Gasteiger partial charge is 0.493 e. The first-order valence-corrected chi connectivity index (χ1v) is 11.2. The van der Waals surface area contributed by atoms with Crippen molar-refractivity contribution in [1.82, 2.24) is 0 Å². The summed E-state index contributed by atoms with van der Waals surface area (Å²) in [5, 5.41) is 11.7. The van der Waals surface area contributed by atoms with Gasteiger partial charge in [-0.2, -0.15) is 0 Å². The van der Waals surface area contributed by atoms with Crippen molar-refractivity contribution in [3.05, 3.63) is 93.3 Å². The number of para-hydroxylation sites is 1. The van der Waals surface area contributed by atoms with Gasteiger partial charge in [0.15, 0.2) is 11.5 Å². The summed E-state index contributed by atoms with van der Waals surface area (Å²) in [6.07, 6.45) is 3.73. The molecule has 0 bridgehead atoms. The van der Waals surface area contributed by atoms with Gasteiger partial charge in [-0.05, 0) is 55.3 Å². The van der Waals surface area contributed by atoms with Crippen molar-refractivity contribution in [1.29, 1.82) is 0 Å². The van der Waals surface area contributed by atoms with Crippen molar-refractivity contribution in [2.45, 2.75) is 31.5 Å². The lowest BCUT2D eigenvalue weighted by Crippen LogP contribution is -2.59. The molecule has 2 heterocycles. The molecule has 3 aromatic carbocycles. The van der Waals surface area contributed by atoms with E-state index in [1.165, 1.54) is 32.4 Å². The van der Waals surface area contributed by atoms with E-state index in [9.17, 15) is 14.5 Å². The summed E-state index contributed by atoms with van der Waals surface area (Å²) in [4.78, 5) is 13.3. The molecule has 1 spiro atoms. The van der Waals surface area contributed by atoms with Gasteiger partial charge in [-0.25, -0.2) is 4.39 Å². The van der Waals surface area contributed by atoms with Crippen LogP contribution in [0.5, 0.6) is 17.2 Å². The van der Waals surface area contributed by atoms with Crippen LogP contribution in [0.2, 0.25) is 0 Å². The van der Waals surface area contributed by atoms with Crippen LogP contribution in [0.25, 0.3) is 6.08 Å². The lowest BCUT2D eigenvalue weighted by atomic mass is 9.76. The second-order valence-corrected chi connectivity index (χ2v) is 9.12. The minimum absolute atomic E-state index is 0.107. The first kappa shape index (κ1) is 22.7. The van der Waals surface area contributed by atoms with Crippen LogP contribution in [0.3, 0.4) is 0 Å². The van der Waals surface area contributed by atoms with Crippen LogP contribution in [0.4, 0.5) is 15.8 Å². The summed E-state index contributed by atoms with van der Waals surface area (Å²) in [5.41, 5.74) is 1.70. The maximum Gasteiger partial charge on any atom is 0.315 e. The Balaban J connectivity index is 1.71. The SMILES string of the molecule is COc1cc([N+](=O)[O-])c(OC)c2c1OC1(C=C2)N(Cc2ccc(F)cc2)c2ccccc2C1(C)C. The highest BCUT2D eigenvalue weighted by Gasteiger charge is 2.59. The van der Waals surface area contributed by atoms with Gasteiger partial charge in [0.25, 0.3) is 0 Å². The van der Waals surface area contributed by atoms with Crippen molar-refractivity contribution >= 4 is 17.5 Å². The van der Waals surface area contributed by atoms with E-state index < -0.39 is 16.1 Å². The summed E-state index contributed by atoms with van der Waals surface area (Å²) in [6.45, 7) is 4.65. The Morgan fingerprint density at radius 2 is 1.80 bits per heavy atom. The second-order valence-electron chi connectivity index (χ2n) is 9.12. The van der Waals surface area contributed by atoms with E-state index in [-0.39, 0.29) is 23.0 Å². The van der Waals surface area contributed by atoms with Gasteiger partial charge in [0.05, 0.1) is 36.2 Å². The number of rotatable bonds is 5. The van der Waals surface area contributed by atoms with E-state index in [0.717, 1.165) is 16.8 Å². The standard InChI is InChI=1S/C27H25FN2O5/c1-26(2)20-7-5-6-8-21(20)29(16-17-9-11-18(28)12-10-17)27(26)14-13-19-24(34-4)22(30(31)32)15-23(33-3)25(19)35-27/h5-15H,16H2,1-4H3. The molecular weight excluding hydrogens is 451 g/mol. The molecule has 7 nitrogen and oxygen atoms in total. The molecule has 180 valence electrons. The Labute approximate surface area is 202 Å². The Kier molecular flexibility index (Phi) is 5.20. The van der Waals surface area contributed by atoms with Gasteiger partial charge in [-0.3, -0.25) is 10.1 Å². The number of halogens is 1. The Morgan fingerprint density at radius 3 is 2.46 bits per heavy atom. The second kappa shape index (κ2) is 8.01. The molecule has 0 saturated carbocycles. The quantitative estimate of drug-likeness (QED) is 0.340. The van der Waals surface area contributed by atoms with E-state index in [4.69, 9.17) is 14.2 Å². The van der Waals surface area contributed by atoms with Crippen LogP contribution in [0.15, 0.2) is 60.7 Å². The fraction of sp³-hybridized carbons (Fsp3) is 0.259. The predicted molar refractivity (Wildman–Crippen MR) is 131 cm³/mol. The number of anilines is 1. The van der Waals surface area contributed by atoms with Gasteiger partial charge >= 0.3 is 5.69 Å². The summed E-state index contributed by atoms with van der Waals surface area (Å²) in [7, 11) is 2.84. The number of nitro benzene ring substituents is 1. The minimum Gasteiger partial charge on any atom is -0.493 e. The van der Waals surface area contributed by atoms with E-state index in [0.29, 0.717) is 17.9 Å². The Hall–Kier alpha value is -4.07. The number of fused-ring (bicyclic) bond motifs is 2. The molecule has 0 fully saturated rings. The highest BCUT2D eigenvalue weighted by atomic mass is 19.1. The van der Waals surface area contributed by atoms with E-state index in [1.54, 1.807) is 18.2 Å². The van der Waals surface area contributed by atoms with E-state index in [1.807, 2.05) is 24.3 Å². The number of methoxy groups -OCH3 is 2. The van der Waals surface area contributed by atoms with Gasteiger partial charge in [-0.15, -0.1) is 0 Å². The zero-order valence-electron chi connectivity index (χ0n) is 19.9. The number of hydrogen-bond donors (Lipinski definition) is 0. The smallest absolute Gasteiger partial charge is 0.315 e. The summed E-state index contributed by atoms with van der Waals surface area (Å²) >= 11 is 0. The summed E-state index contributed by atoms with van der Waals surface area (Å²) < 4.78 is 31.4. The van der Waals surface area contributed by atoms with E-state index in [2.05, 4.69) is 24.8 Å². The Morgan fingerprint density at radius 1 is 1.09 bits per heavy atom. The van der Waals surface area contributed by atoms with Crippen LogP contribution in [0.1, 0.15) is 30.5 Å². The fourth-order valence-electron chi connectivity index (χ4n) is 5.18. The third-order valence-corrected chi connectivity index (χ3v) is 6.99. The van der Waals surface area contributed by atoms with Crippen LogP contribution in [-0.2, 0) is 12.0 Å². The van der Waals surface area contributed by atoms with Gasteiger partial charge < -0.3 is 19.1 Å². The zero-order valence-corrected chi connectivity index (χ0v) is 19.9. The molecule has 5 rings (SSSR count).